The Labute approximate surface area is 203 Å². The molecule has 1 aliphatic heterocycles. The third-order valence-corrected chi connectivity index (χ3v) is 7.01. The number of anilines is 2. The first-order chi connectivity index (χ1) is 16.9. The number of amides is 1. The van der Waals surface area contributed by atoms with E-state index in [1.807, 2.05) is 13.0 Å². The minimum atomic E-state index is -1.02. The Morgan fingerprint density at radius 2 is 2.03 bits per heavy atom. The van der Waals surface area contributed by atoms with E-state index in [4.69, 9.17) is 9.15 Å². The van der Waals surface area contributed by atoms with Crippen molar-refractivity contribution < 1.29 is 22.7 Å². The van der Waals surface area contributed by atoms with Gasteiger partial charge in [-0.2, -0.15) is 4.98 Å². The molecule has 3 aromatic rings. The average Bonchev–Trinajstić information content (AvgIpc) is 3.42. The first kappa shape index (κ1) is 23.7. The number of halogens is 2. The molecule has 2 atom stereocenters. The number of hydrogen-bond donors (Lipinski definition) is 1. The summed E-state index contributed by atoms with van der Waals surface area (Å²) in [6, 6.07) is 9.88. The van der Waals surface area contributed by atoms with Crippen LogP contribution in [0.25, 0.3) is 11.1 Å². The van der Waals surface area contributed by atoms with Gasteiger partial charge in [-0.25, -0.2) is 8.78 Å². The summed E-state index contributed by atoms with van der Waals surface area (Å²) in [4.78, 5) is 19.1. The number of fused-ring (bicyclic) bond motifs is 1. The van der Waals surface area contributed by atoms with Gasteiger partial charge in [-0.3, -0.25) is 4.79 Å². The molecule has 1 N–H and O–H groups in total. The van der Waals surface area contributed by atoms with E-state index in [9.17, 15) is 13.6 Å². The molecule has 6 nitrogen and oxygen atoms in total. The van der Waals surface area contributed by atoms with E-state index in [-0.39, 0.29) is 42.9 Å². The lowest BCUT2D eigenvalue weighted by Crippen LogP contribution is -2.40. The summed E-state index contributed by atoms with van der Waals surface area (Å²) in [7, 11) is 0. The standard InChI is InChI=1S/C27H31F2N3O3/c1-17-7-9-19(28)14-24(17)31-27-30-23-10-8-18(11-25(23)35-27)12-26(33)32-15-20(29)13-21(32)16-34-22-5-3-2-4-6-22/h7-11,14,20-22H,2-6,12-13,15-16H2,1H3,(H,30,31)/t20?,21-/m0/s1. The normalized spacial score (nSPS) is 21.1. The second-order valence-electron chi connectivity index (χ2n) is 9.71. The van der Waals surface area contributed by atoms with Crippen LogP contribution in [0.1, 0.15) is 49.7 Å². The second kappa shape index (κ2) is 10.3. The Morgan fingerprint density at radius 3 is 2.86 bits per heavy atom. The van der Waals surface area contributed by atoms with Crippen molar-refractivity contribution in [2.75, 3.05) is 18.5 Å². The van der Waals surface area contributed by atoms with E-state index >= 15 is 0 Å². The zero-order valence-corrected chi connectivity index (χ0v) is 19.9. The number of carbonyl (C=O) groups excluding carboxylic acids is 1. The molecule has 2 heterocycles. The molecule has 0 bridgehead atoms. The highest BCUT2D eigenvalue weighted by atomic mass is 19.1. The lowest BCUT2D eigenvalue weighted by Gasteiger charge is -2.28. The van der Waals surface area contributed by atoms with Gasteiger partial charge in [-0.1, -0.05) is 31.4 Å². The molecule has 0 radical (unpaired) electrons. The van der Waals surface area contributed by atoms with Crippen LogP contribution in [-0.4, -0.2) is 47.3 Å². The van der Waals surface area contributed by atoms with E-state index in [0.717, 1.165) is 24.0 Å². The number of nitrogens with one attached hydrogen (secondary N) is 1. The number of aryl methyl sites for hydroxylation is 1. The van der Waals surface area contributed by atoms with Gasteiger partial charge in [0, 0.05) is 12.1 Å². The molecule has 1 unspecified atom stereocenters. The van der Waals surface area contributed by atoms with Crippen molar-refractivity contribution in [3.63, 3.8) is 0 Å². The molecule has 186 valence electrons. The topological polar surface area (TPSA) is 67.6 Å². The van der Waals surface area contributed by atoms with E-state index in [0.29, 0.717) is 29.8 Å². The number of ether oxygens (including phenoxy) is 1. The minimum Gasteiger partial charge on any atom is -0.423 e. The number of benzene rings is 2. The minimum absolute atomic E-state index is 0.114. The summed E-state index contributed by atoms with van der Waals surface area (Å²) in [5.74, 6) is -0.468. The van der Waals surface area contributed by atoms with Crippen LogP contribution < -0.4 is 5.32 Å². The number of nitrogens with zero attached hydrogens (tertiary/aromatic N) is 2. The summed E-state index contributed by atoms with van der Waals surface area (Å²) in [6.45, 7) is 2.37. The van der Waals surface area contributed by atoms with Gasteiger partial charge in [0.1, 0.15) is 17.5 Å². The summed E-state index contributed by atoms with van der Waals surface area (Å²) < 4.78 is 39.7. The Morgan fingerprint density at radius 1 is 1.20 bits per heavy atom. The van der Waals surface area contributed by atoms with Crippen molar-refractivity contribution in [3.8, 4) is 0 Å². The Hall–Kier alpha value is -3.00. The molecule has 0 spiro atoms. The zero-order valence-electron chi connectivity index (χ0n) is 19.9. The molecule has 2 aromatic carbocycles. The lowest BCUT2D eigenvalue weighted by atomic mass is 9.98. The Balaban J connectivity index is 1.24. The fourth-order valence-electron chi connectivity index (χ4n) is 5.05. The molecular formula is C27H31F2N3O3. The predicted octanol–water partition coefficient (Wildman–Crippen LogP) is 5.85. The Kier molecular flexibility index (Phi) is 7.00. The quantitative estimate of drug-likeness (QED) is 0.457. The first-order valence-corrected chi connectivity index (χ1v) is 12.4. The summed E-state index contributed by atoms with van der Waals surface area (Å²) in [5, 5.41) is 3.01. The maximum Gasteiger partial charge on any atom is 0.300 e. The van der Waals surface area contributed by atoms with Gasteiger partial charge in [-0.05, 0) is 55.2 Å². The van der Waals surface area contributed by atoms with Gasteiger partial charge in [0.15, 0.2) is 5.58 Å². The predicted molar refractivity (Wildman–Crippen MR) is 130 cm³/mol. The number of likely N-dealkylation sites (tertiary alicyclic amines) is 1. The molecule has 1 aromatic heterocycles. The highest BCUT2D eigenvalue weighted by Crippen LogP contribution is 2.28. The highest BCUT2D eigenvalue weighted by molar-refractivity contribution is 5.82. The number of carbonyl (C=O) groups is 1. The maximum atomic E-state index is 14.2. The van der Waals surface area contributed by atoms with E-state index in [2.05, 4.69) is 10.3 Å². The van der Waals surface area contributed by atoms with Crippen LogP contribution in [-0.2, 0) is 16.0 Å². The van der Waals surface area contributed by atoms with Gasteiger partial charge in [0.05, 0.1) is 31.7 Å². The van der Waals surface area contributed by atoms with E-state index in [1.54, 1.807) is 23.1 Å². The molecule has 2 aliphatic rings. The summed E-state index contributed by atoms with van der Waals surface area (Å²) in [5.41, 5.74) is 3.35. The molecular weight excluding hydrogens is 452 g/mol. The molecule has 1 saturated carbocycles. The van der Waals surface area contributed by atoms with Crippen LogP contribution in [0, 0.1) is 12.7 Å². The van der Waals surface area contributed by atoms with Gasteiger partial charge in [-0.15, -0.1) is 0 Å². The maximum absolute atomic E-state index is 14.2. The zero-order chi connectivity index (χ0) is 24.4. The molecule has 5 rings (SSSR count). The van der Waals surface area contributed by atoms with E-state index in [1.165, 1.54) is 31.4 Å². The van der Waals surface area contributed by atoms with Gasteiger partial charge < -0.3 is 19.4 Å². The van der Waals surface area contributed by atoms with Crippen LogP contribution in [0.4, 0.5) is 20.5 Å². The second-order valence-corrected chi connectivity index (χ2v) is 9.71. The fraction of sp³-hybridized carbons (Fsp3) is 0.481. The van der Waals surface area contributed by atoms with Crippen molar-refractivity contribution in [2.24, 2.45) is 0 Å². The molecule has 1 aliphatic carbocycles. The number of alkyl halides is 1. The number of aromatic nitrogens is 1. The summed E-state index contributed by atoms with van der Waals surface area (Å²) in [6.07, 6.45) is 5.38. The number of hydrogen-bond acceptors (Lipinski definition) is 5. The number of oxazole rings is 1. The van der Waals surface area contributed by atoms with Crippen molar-refractivity contribution in [3.05, 3.63) is 53.3 Å². The fourth-order valence-corrected chi connectivity index (χ4v) is 5.05. The highest BCUT2D eigenvalue weighted by Gasteiger charge is 2.36. The SMILES string of the molecule is Cc1ccc(F)cc1Nc1nc2ccc(CC(=O)N3CC(F)C[C@H]3COC3CCCCC3)cc2o1. The molecule has 1 amide bonds. The third kappa shape index (κ3) is 5.64. The van der Waals surface area contributed by atoms with Crippen molar-refractivity contribution in [1.29, 1.82) is 0 Å². The summed E-state index contributed by atoms with van der Waals surface area (Å²) >= 11 is 0. The average molecular weight is 484 g/mol. The monoisotopic (exact) mass is 483 g/mol. The van der Waals surface area contributed by atoms with Gasteiger partial charge in [0.25, 0.3) is 6.01 Å². The van der Waals surface area contributed by atoms with Crippen LogP contribution in [0.3, 0.4) is 0 Å². The van der Waals surface area contributed by atoms with Crippen molar-refractivity contribution in [1.82, 2.24) is 9.88 Å². The molecule has 1 saturated heterocycles. The van der Waals surface area contributed by atoms with E-state index < -0.39 is 6.17 Å². The lowest BCUT2D eigenvalue weighted by molar-refractivity contribution is -0.133. The van der Waals surface area contributed by atoms with Crippen LogP contribution in [0.5, 0.6) is 0 Å². The van der Waals surface area contributed by atoms with Crippen molar-refractivity contribution in [2.45, 2.75) is 70.2 Å². The largest absolute Gasteiger partial charge is 0.423 e. The first-order valence-electron chi connectivity index (χ1n) is 12.4. The van der Waals surface area contributed by atoms with Crippen LogP contribution in [0.15, 0.2) is 40.8 Å². The van der Waals surface area contributed by atoms with Gasteiger partial charge >= 0.3 is 0 Å². The Bertz CT molecular complexity index is 1190. The third-order valence-electron chi connectivity index (χ3n) is 7.01. The number of rotatable bonds is 7. The van der Waals surface area contributed by atoms with Crippen molar-refractivity contribution >= 4 is 28.7 Å². The molecule has 8 heteroatoms. The molecule has 2 fully saturated rings. The van der Waals surface area contributed by atoms with Gasteiger partial charge in [0.2, 0.25) is 5.91 Å². The van der Waals surface area contributed by atoms with Crippen LogP contribution >= 0.6 is 0 Å². The molecule has 35 heavy (non-hydrogen) atoms. The smallest absolute Gasteiger partial charge is 0.300 e. The van der Waals surface area contributed by atoms with Crippen LogP contribution in [0.2, 0.25) is 0 Å².